The summed E-state index contributed by atoms with van der Waals surface area (Å²) in [5, 5.41) is 10.6. The fraction of sp³-hybridized carbons (Fsp3) is 0.250. The van der Waals surface area contributed by atoms with Crippen LogP contribution in [0.4, 0.5) is 4.79 Å². The highest BCUT2D eigenvalue weighted by atomic mass is 127. The largest absolute Gasteiger partial charge is 0.465 e. The van der Waals surface area contributed by atoms with Crippen LogP contribution in [0.1, 0.15) is 0 Å². The minimum Gasteiger partial charge on any atom is -0.465 e. The Morgan fingerprint density at radius 3 is 2.47 bits per heavy atom. The molecule has 0 saturated carbocycles. The lowest BCUT2D eigenvalue weighted by molar-refractivity contribution is -0.118. The number of amides is 2. The molecular formula is C8H10IN3O3. The van der Waals surface area contributed by atoms with Crippen molar-refractivity contribution in [3.8, 4) is 0 Å². The van der Waals surface area contributed by atoms with Gasteiger partial charge in [0.1, 0.15) is 6.04 Å². The average molecular weight is 323 g/mol. The fourth-order valence-corrected chi connectivity index (χ4v) is 1.56. The van der Waals surface area contributed by atoms with E-state index < -0.39 is 12.1 Å². The molecule has 1 atom stereocenters. The van der Waals surface area contributed by atoms with Gasteiger partial charge in [0, 0.05) is 16.8 Å². The molecule has 0 aliphatic heterocycles. The van der Waals surface area contributed by atoms with Gasteiger partial charge in [-0.2, -0.15) is 0 Å². The number of aromatic nitrogens is 1. The van der Waals surface area contributed by atoms with Gasteiger partial charge >= 0.3 is 6.09 Å². The number of carbonyl (C=O) groups excluding carboxylic acids is 1. The number of carbonyl (C=O) groups is 2. The Labute approximate surface area is 99.8 Å². The van der Waals surface area contributed by atoms with Gasteiger partial charge in [-0.15, -0.1) is 0 Å². The second-order valence-electron chi connectivity index (χ2n) is 2.72. The van der Waals surface area contributed by atoms with Crippen molar-refractivity contribution in [1.29, 1.82) is 0 Å². The zero-order chi connectivity index (χ0) is 11.3. The molecule has 0 spiro atoms. The van der Waals surface area contributed by atoms with Crippen LogP contribution in [0.3, 0.4) is 0 Å². The van der Waals surface area contributed by atoms with Crippen molar-refractivity contribution in [3.05, 3.63) is 24.5 Å². The molecule has 0 fully saturated rings. The third-order valence-electron chi connectivity index (χ3n) is 1.61. The number of nitrogens with one attached hydrogen (secondary N) is 2. The number of carboxylic acid groups (broad SMARTS) is 1. The molecule has 1 aromatic heterocycles. The Kier molecular flexibility index (Phi) is 4.40. The van der Waals surface area contributed by atoms with E-state index in [4.69, 9.17) is 5.11 Å². The van der Waals surface area contributed by atoms with Crippen LogP contribution in [0.2, 0.25) is 0 Å². The van der Waals surface area contributed by atoms with Gasteiger partial charge in [0.2, 0.25) is 0 Å². The number of halogens is 1. The van der Waals surface area contributed by atoms with Crippen molar-refractivity contribution in [2.24, 2.45) is 0 Å². The van der Waals surface area contributed by atoms with Gasteiger partial charge in [-0.1, -0.05) is 22.6 Å². The lowest BCUT2D eigenvalue weighted by atomic mass is 10.3. The molecule has 15 heavy (non-hydrogen) atoms. The molecule has 0 saturated heterocycles. The molecule has 1 aromatic rings. The number of alkyl halides is 1. The molecule has 0 radical (unpaired) electrons. The van der Waals surface area contributed by atoms with E-state index in [2.05, 4.69) is 10.7 Å². The molecule has 0 aromatic carbocycles. The Bertz CT molecular complexity index is 339. The summed E-state index contributed by atoms with van der Waals surface area (Å²) in [6, 6.07) is 2.76. The Balaban J connectivity index is 2.54. The predicted molar refractivity (Wildman–Crippen MR) is 62.6 cm³/mol. The molecule has 1 unspecified atom stereocenters. The first-order valence-corrected chi connectivity index (χ1v) is 5.65. The summed E-state index contributed by atoms with van der Waals surface area (Å²) in [7, 11) is 0. The van der Waals surface area contributed by atoms with Crippen LogP contribution < -0.4 is 10.7 Å². The topological polar surface area (TPSA) is 83.4 Å². The van der Waals surface area contributed by atoms with Crippen LogP contribution in [-0.2, 0) is 4.79 Å². The minimum absolute atomic E-state index is 0.372. The van der Waals surface area contributed by atoms with Crippen LogP contribution in [0.5, 0.6) is 0 Å². The highest BCUT2D eigenvalue weighted by molar-refractivity contribution is 14.1. The number of hydrogen-bond donors (Lipinski definition) is 3. The first-order valence-electron chi connectivity index (χ1n) is 4.12. The molecule has 1 heterocycles. The Morgan fingerprint density at radius 2 is 2.00 bits per heavy atom. The number of hydrogen-bond acceptors (Lipinski definition) is 2. The van der Waals surface area contributed by atoms with Crippen LogP contribution >= 0.6 is 22.6 Å². The number of nitrogens with zero attached hydrogens (tertiary/aromatic N) is 1. The summed E-state index contributed by atoms with van der Waals surface area (Å²) >= 11 is 1.94. The highest BCUT2D eigenvalue weighted by Crippen LogP contribution is 1.94. The van der Waals surface area contributed by atoms with E-state index in [9.17, 15) is 9.59 Å². The molecule has 0 bridgehead atoms. The third kappa shape index (κ3) is 3.78. The van der Waals surface area contributed by atoms with E-state index in [-0.39, 0.29) is 5.91 Å². The van der Waals surface area contributed by atoms with Crippen LogP contribution in [0.25, 0.3) is 0 Å². The predicted octanol–water partition coefficient (Wildman–Crippen LogP) is 0.629. The summed E-state index contributed by atoms with van der Waals surface area (Å²) in [4.78, 5) is 21.9. The van der Waals surface area contributed by atoms with E-state index >= 15 is 0 Å². The second-order valence-corrected chi connectivity index (χ2v) is 3.60. The second kappa shape index (κ2) is 5.59. The average Bonchev–Trinajstić information content (AvgIpc) is 2.66. The van der Waals surface area contributed by atoms with E-state index in [0.717, 1.165) is 0 Å². The van der Waals surface area contributed by atoms with Crippen molar-refractivity contribution in [2.75, 3.05) is 9.85 Å². The van der Waals surface area contributed by atoms with Gasteiger partial charge in [0.15, 0.2) is 0 Å². The van der Waals surface area contributed by atoms with Gasteiger partial charge in [-0.25, -0.2) is 4.79 Å². The van der Waals surface area contributed by atoms with E-state index in [0.29, 0.717) is 4.43 Å². The summed E-state index contributed by atoms with van der Waals surface area (Å²) < 4.78 is 1.84. The molecule has 1 rings (SSSR count). The first kappa shape index (κ1) is 11.8. The highest BCUT2D eigenvalue weighted by Gasteiger charge is 2.18. The molecule has 0 aliphatic rings. The molecule has 0 aliphatic carbocycles. The SMILES string of the molecule is O=C(O)NC(CI)C(=O)Nn1cccc1. The molecule has 7 heteroatoms. The van der Waals surface area contributed by atoms with Crippen LogP contribution in [0, 0.1) is 0 Å². The van der Waals surface area contributed by atoms with Crippen LogP contribution in [0.15, 0.2) is 24.5 Å². The lowest BCUT2D eigenvalue weighted by Gasteiger charge is -2.14. The van der Waals surface area contributed by atoms with E-state index in [1.807, 2.05) is 22.6 Å². The Morgan fingerprint density at radius 1 is 1.40 bits per heavy atom. The normalized spacial score (nSPS) is 11.8. The van der Waals surface area contributed by atoms with Gasteiger partial charge < -0.3 is 10.4 Å². The van der Waals surface area contributed by atoms with Gasteiger partial charge in [-0.3, -0.25) is 14.9 Å². The quantitative estimate of drug-likeness (QED) is 0.561. The van der Waals surface area contributed by atoms with E-state index in [1.165, 1.54) is 4.68 Å². The standard InChI is InChI=1S/C8H10IN3O3/c9-5-6(10-8(14)15)7(13)11-12-3-1-2-4-12/h1-4,6,10H,5H2,(H,11,13)(H,14,15). The van der Waals surface area contributed by atoms with E-state index in [1.54, 1.807) is 24.5 Å². The fourth-order valence-electron chi connectivity index (χ4n) is 0.937. The maximum Gasteiger partial charge on any atom is 0.405 e. The van der Waals surface area contributed by atoms with Crippen molar-refractivity contribution >= 4 is 34.6 Å². The Hall–Kier alpha value is -1.25. The molecule has 2 amide bonds. The maximum atomic E-state index is 11.5. The minimum atomic E-state index is -1.21. The van der Waals surface area contributed by atoms with Crippen molar-refractivity contribution in [3.63, 3.8) is 0 Å². The molecule has 82 valence electrons. The van der Waals surface area contributed by atoms with Crippen molar-refractivity contribution in [2.45, 2.75) is 6.04 Å². The molecular weight excluding hydrogens is 313 g/mol. The summed E-state index contributed by atoms with van der Waals surface area (Å²) in [6.45, 7) is 0. The van der Waals surface area contributed by atoms with Crippen molar-refractivity contribution in [1.82, 2.24) is 9.99 Å². The van der Waals surface area contributed by atoms with Crippen molar-refractivity contribution < 1.29 is 14.7 Å². The van der Waals surface area contributed by atoms with Gasteiger partial charge in [0.25, 0.3) is 5.91 Å². The summed E-state index contributed by atoms with van der Waals surface area (Å²) in [5.41, 5.74) is 2.53. The first-order chi connectivity index (χ1) is 7.13. The lowest BCUT2D eigenvalue weighted by Crippen LogP contribution is -2.46. The summed E-state index contributed by atoms with van der Waals surface area (Å²) in [6.07, 6.45) is 2.10. The number of rotatable bonds is 4. The van der Waals surface area contributed by atoms with Gasteiger partial charge in [0.05, 0.1) is 0 Å². The third-order valence-corrected chi connectivity index (χ3v) is 2.49. The monoisotopic (exact) mass is 323 g/mol. The molecule has 3 N–H and O–H groups in total. The van der Waals surface area contributed by atoms with Gasteiger partial charge in [-0.05, 0) is 12.1 Å². The molecule has 6 nitrogen and oxygen atoms in total. The zero-order valence-electron chi connectivity index (χ0n) is 7.68. The zero-order valence-corrected chi connectivity index (χ0v) is 9.84. The maximum absolute atomic E-state index is 11.5. The van der Waals surface area contributed by atoms with Crippen LogP contribution in [-0.4, -0.2) is 32.3 Å². The smallest absolute Gasteiger partial charge is 0.405 e. The summed E-state index contributed by atoms with van der Waals surface area (Å²) in [5.74, 6) is -0.386.